The molecule has 1 fully saturated rings. The summed E-state index contributed by atoms with van der Waals surface area (Å²) in [4.78, 5) is 29.1. The molecule has 2 amide bonds. The van der Waals surface area contributed by atoms with E-state index in [0.717, 1.165) is 35.1 Å². The number of piperazine rings is 1. The van der Waals surface area contributed by atoms with Gasteiger partial charge in [-0.3, -0.25) is 9.59 Å². The minimum atomic E-state index is -0.396. The second-order valence-electron chi connectivity index (χ2n) is 6.66. The molecule has 4 rings (SSSR count). The van der Waals surface area contributed by atoms with E-state index in [1.165, 1.54) is 0 Å². The normalized spacial score (nSPS) is 19.7. The molecule has 0 unspecified atom stereocenters. The Bertz CT molecular complexity index is 846. The summed E-state index contributed by atoms with van der Waals surface area (Å²) in [6.45, 7) is 2.72. The number of nitrogens with one attached hydrogen (secondary N) is 1. The van der Waals surface area contributed by atoms with E-state index in [-0.39, 0.29) is 18.2 Å². The van der Waals surface area contributed by atoms with Crippen molar-refractivity contribution < 1.29 is 9.59 Å². The van der Waals surface area contributed by atoms with Gasteiger partial charge in [-0.15, -0.1) is 0 Å². The van der Waals surface area contributed by atoms with Crippen LogP contribution in [0, 0.1) is 0 Å². The van der Waals surface area contributed by atoms with E-state index in [1.807, 2.05) is 53.4 Å². The lowest BCUT2D eigenvalue weighted by Gasteiger charge is -2.38. The van der Waals surface area contributed by atoms with Crippen molar-refractivity contribution >= 4 is 34.8 Å². The van der Waals surface area contributed by atoms with Gasteiger partial charge < -0.3 is 15.1 Å². The minimum Gasteiger partial charge on any atom is -0.367 e. The second kappa shape index (κ2) is 7.00. The van der Waals surface area contributed by atoms with E-state index >= 15 is 0 Å². The van der Waals surface area contributed by atoms with Crippen LogP contribution in [0.3, 0.4) is 0 Å². The van der Waals surface area contributed by atoms with Crippen LogP contribution in [0.1, 0.15) is 17.9 Å². The zero-order chi connectivity index (χ0) is 18.1. The van der Waals surface area contributed by atoms with Gasteiger partial charge in [0, 0.05) is 38.3 Å². The molecule has 2 aliphatic heterocycles. The van der Waals surface area contributed by atoms with Crippen LogP contribution < -0.4 is 10.2 Å². The van der Waals surface area contributed by atoms with Crippen LogP contribution >= 0.6 is 11.6 Å². The Morgan fingerprint density at radius 3 is 2.46 bits per heavy atom. The molecule has 5 nitrogen and oxygen atoms in total. The summed E-state index contributed by atoms with van der Waals surface area (Å²) in [6.07, 6.45) is 0.209. The van der Waals surface area contributed by atoms with Crippen molar-refractivity contribution in [1.82, 2.24) is 4.90 Å². The molecule has 1 N–H and O–H groups in total. The van der Waals surface area contributed by atoms with Crippen LogP contribution in [0.5, 0.6) is 0 Å². The molecule has 2 heterocycles. The molecule has 26 heavy (non-hydrogen) atoms. The summed E-state index contributed by atoms with van der Waals surface area (Å²) < 4.78 is 0. The number of nitrogens with zero attached hydrogens (tertiary/aromatic N) is 2. The van der Waals surface area contributed by atoms with Crippen LogP contribution in [0.2, 0.25) is 5.02 Å². The summed E-state index contributed by atoms with van der Waals surface area (Å²) in [7, 11) is 0. The summed E-state index contributed by atoms with van der Waals surface area (Å²) in [5, 5.41) is 3.58. The number of halogens is 1. The highest BCUT2D eigenvalue weighted by atomic mass is 35.5. The van der Waals surface area contributed by atoms with Gasteiger partial charge in [-0.1, -0.05) is 41.9 Å². The molecule has 2 aromatic rings. The van der Waals surface area contributed by atoms with E-state index < -0.39 is 5.92 Å². The largest absolute Gasteiger partial charge is 0.367 e. The number of benzene rings is 2. The Kier molecular flexibility index (Phi) is 4.55. The third kappa shape index (κ3) is 3.15. The third-order valence-electron chi connectivity index (χ3n) is 5.08. The van der Waals surface area contributed by atoms with E-state index in [2.05, 4.69) is 10.2 Å². The quantitative estimate of drug-likeness (QED) is 0.884. The van der Waals surface area contributed by atoms with Crippen molar-refractivity contribution in [2.45, 2.75) is 12.3 Å². The van der Waals surface area contributed by atoms with Crippen LogP contribution in [-0.4, -0.2) is 42.9 Å². The standard InChI is InChI=1S/C20H20ClN3O2/c21-16-6-2-4-8-18(16)23-9-11-24(12-10-23)20(26)15-13-19(25)22-17-7-3-1-5-14(15)17/h1-8,15H,9-13H2,(H,22,25)/t15-/m1/s1. The molecule has 134 valence electrons. The van der Waals surface area contributed by atoms with E-state index in [0.29, 0.717) is 13.1 Å². The molecule has 1 saturated heterocycles. The number of fused-ring (bicyclic) bond motifs is 1. The fourth-order valence-electron chi connectivity index (χ4n) is 3.73. The van der Waals surface area contributed by atoms with Crippen LogP contribution in [0.25, 0.3) is 0 Å². The summed E-state index contributed by atoms with van der Waals surface area (Å²) in [6, 6.07) is 15.3. The van der Waals surface area contributed by atoms with E-state index in [4.69, 9.17) is 11.6 Å². The lowest BCUT2D eigenvalue weighted by Crippen LogP contribution is -2.50. The molecule has 0 bridgehead atoms. The molecule has 2 aromatic carbocycles. The Hall–Kier alpha value is -2.53. The Balaban J connectivity index is 1.48. The highest BCUT2D eigenvalue weighted by molar-refractivity contribution is 6.33. The number of rotatable bonds is 2. The Labute approximate surface area is 157 Å². The number of carbonyl (C=O) groups is 2. The molecule has 2 aliphatic rings. The van der Waals surface area contributed by atoms with Crippen molar-refractivity contribution in [3.05, 3.63) is 59.1 Å². The fraction of sp³-hybridized carbons (Fsp3) is 0.300. The molecular weight excluding hydrogens is 350 g/mol. The van der Waals surface area contributed by atoms with E-state index in [9.17, 15) is 9.59 Å². The number of carbonyl (C=O) groups excluding carboxylic acids is 2. The molecular formula is C20H20ClN3O2. The molecule has 6 heteroatoms. The zero-order valence-electron chi connectivity index (χ0n) is 14.3. The minimum absolute atomic E-state index is 0.0334. The molecule has 0 saturated carbocycles. The van der Waals surface area contributed by atoms with Gasteiger partial charge in [0.1, 0.15) is 0 Å². The zero-order valence-corrected chi connectivity index (χ0v) is 15.1. The summed E-state index contributed by atoms with van der Waals surface area (Å²) >= 11 is 6.28. The van der Waals surface area contributed by atoms with Crippen molar-refractivity contribution in [3.63, 3.8) is 0 Å². The predicted octanol–water partition coefficient (Wildman–Crippen LogP) is 3.11. The molecule has 0 radical (unpaired) electrons. The van der Waals surface area contributed by atoms with Gasteiger partial charge in [-0.2, -0.15) is 0 Å². The first-order valence-corrected chi connectivity index (χ1v) is 9.18. The smallest absolute Gasteiger partial charge is 0.230 e. The van der Waals surface area contributed by atoms with Crippen molar-refractivity contribution in [2.75, 3.05) is 36.4 Å². The van der Waals surface area contributed by atoms with Gasteiger partial charge in [0.15, 0.2) is 0 Å². The third-order valence-corrected chi connectivity index (χ3v) is 5.40. The Morgan fingerprint density at radius 1 is 1.00 bits per heavy atom. The average molecular weight is 370 g/mol. The number of hydrogen-bond acceptors (Lipinski definition) is 3. The number of amides is 2. The number of hydrogen-bond donors (Lipinski definition) is 1. The summed E-state index contributed by atoms with van der Waals surface area (Å²) in [5.74, 6) is -0.463. The second-order valence-corrected chi connectivity index (χ2v) is 7.06. The van der Waals surface area contributed by atoms with Crippen LogP contribution in [0.15, 0.2) is 48.5 Å². The van der Waals surface area contributed by atoms with Crippen molar-refractivity contribution in [2.24, 2.45) is 0 Å². The van der Waals surface area contributed by atoms with Crippen LogP contribution in [0.4, 0.5) is 11.4 Å². The van der Waals surface area contributed by atoms with Gasteiger partial charge in [0.25, 0.3) is 0 Å². The molecule has 0 aromatic heterocycles. The average Bonchev–Trinajstić information content (AvgIpc) is 2.67. The molecule has 0 aliphatic carbocycles. The van der Waals surface area contributed by atoms with Crippen molar-refractivity contribution in [3.8, 4) is 0 Å². The van der Waals surface area contributed by atoms with Crippen LogP contribution in [-0.2, 0) is 9.59 Å². The van der Waals surface area contributed by atoms with E-state index in [1.54, 1.807) is 0 Å². The first-order valence-electron chi connectivity index (χ1n) is 8.80. The molecule has 1 atom stereocenters. The monoisotopic (exact) mass is 369 g/mol. The topological polar surface area (TPSA) is 52.7 Å². The first-order chi connectivity index (χ1) is 12.6. The highest BCUT2D eigenvalue weighted by Crippen LogP contribution is 2.34. The lowest BCUT2D eigenvalue weighted by atomic mass is 9.89. The van der Waals surface area contributed by atoms with Gasteiger partial charge in [-0.05, 0) is 23.8 Å². The number of anilines is 2. The molecule has 0 spiro atoms. The van der Waals surface area contributed by atoms with Gasteiger partial charge in [0.05, 0.1) is 16.6 Å². The van der Waals surface area contributed by atoms with Gasteiger partial charge in [0.2, 0.25) is 11.8 Å². The maximum absolute atomic E-state index is 13.1. The predicted molar refractivity (Wildman–Crippen MR) is 103 cm³/mol. The lowest BCUT2D eigenvalue weighted by molar-refractivity contribution is -0.135. The summed E-state index contributed by atoms with van der Waals surface area (Å²) in [5.41, 5.74) is 2.66. The van der Waals surface area contributed by atoms with Gasteiger partial charge >= 0.3 is 0 Å². The first kappa shape index (κ1) is 16.9. The van der Waals surface area contributed by atoms with Gasteiger partial charge in [-0.25, -0.2) is 0 Å². The Morgan fingerprint density at radius 2 is 1.69 bits per heavy atom. The maximum Gasteiger partial charge on any atom is 0.230 e. The fourth-order valence-corrected chi connectivity index (χ4v) is 3.98. The SMILES string of the molecule is O=C1C[C@@H](C(=O)N2CCN(c3ccccc3Cl)CC2)c2ccccc2N1. The van der Waals surface area contributed by atoms with Crippen molar-refractivity contribution in [1.29, 1.82) is 0 Å². The maximum atomic E-state index is 13.1. The highest BCUT2D eigenvalue weighted by Gasteiger charge is 2.34. The number of para-hydroxylation sites is 2.